The van der Waals surface area contributed by atoms with Crippen molar-refractivity contribution in [3.05, 3.63) is 22.0 Å². The summed E-state index contributed by atoms with van der Waals surface area (Å²) in [5.41, 5.74) is -1.86. The first-order valence-electron chi connectivity index (χ1n) is 4.05. The molecule has 0 fully saturated rings. The quantitative estimate of drug-likeness (QED) is 0.838. The van der Waals surface area contributed by atoms with Gasteiger partial charge in [0.2, 0.25) is 11.3 Å². The molecule has 2 N–H and O–H groups in total. The van der Waals surface area contributed by atoms with Crippen LogP contribution < -0.4 is 14.9 Å². The van der Waals surface area contributed by atoms with E-state index < -0.39 is 35.1 Å². The van der Waals surface area contributed by atoms with Gasteiger partial charge in [-0.1, -0.05) is 0 Å². The van der Waals surface area contributed by atoms with Crippen LogP contribution in [0.25, 0.3) is 0 Å². The number of halogens is 3. The van der Waals surface area contributed by atoms with Crippen molar-refractivity contribution in [1.29, 1.82) is 0 Å². The van der Waals surface area contributed by atoms with Crippen molar-refractivity contribution < 1.29 is 32.5 Å². The minimum Gasteiger partial charge on any atom is -0.491 e. The molecule has 1 aromatic heterocycles. The van der Waals surface area contributed by atoms with Gasteiger partial charge in [0, 0.05) is 0 Å². The fourth-order valence-electron chi connectivity index (χ4n) is 1.06. The molecule has 0 aliphatic heterocycles. The van der Waals surface area contributed by atoms with Crippen molar-refractivity contribution in [3.8, 4) is 11.6 Å². The summed E-state index contributed by atoms with van der Waals surface area (Å²) in [6, 6.07) is 0.443. The van der Waals surface area contributed by atoms with E-state index in [9.17, 15) is 22.8 Å². The van der Waals surface area contributed by atoms with Gasteiger partial charge >= 0.3 is 12.3 Å². The van der Waals surface area contributed by atoms with Crippen molar-refractivity contribution in [1.82, 2.24) is 4.98 Å². The van der Waals surface area contributed by atoms with Crippen LogP contribution >= 0.6 is 0 Å². The summed E-state index contributed by atoms with van der Waals surface area (Å²) >= 11 is 0. The summed E-state index contributed by atoms with van der Waals surface area (Å²) in [4.78, 5) is 23.7. The molecular weight excluding hydrogens is 247 g/mol. The van der Waals surface area contributed by atoms with E-state index in [4.69, 9.17) is 5.11 Å². The number of carbonyl (C=O) groups is 1. The number of carboxylic acid groups (broad SMARTS) is 1. The lowest BCUT2D eigenvalue weighted by Gasteiger charge is -2.10. The van der Waals surface area contributed by atoms with Gasteiger partial charge in [-0.05, 0) is 0 Å². The van der Waals surface area contributed by atoms with Crippen LogP contribution in [-0.4, -0.2) is 29.5 Å². The van der Waals surface area contributed by atoms with Crippen LogP contribution in [0.5, 0.6) is 11.6 Å². The highest BCUT2D eigenvalue weighted by molar-refractivity contribution is 5.88. The topological polar surface area (TPSA) is 88.6 Å². The third-order valence-corrected chi connectivity index (χ3v) is 1.60. The highest BCUT2D eigenvalue weighted by Crippen LogP contribution is 2.22. The van der Waals surface area contributed by atoms with E-state index in [2.05, 4.69) is 9.47 Å². The van der Waals surface area contributed by atoms with Crippen molar-refractivity contribution in [2.75, 3.05) is 7.11 Å². The molecule has 0 radical (unpaired) electrons. The normalized spacial score (nSPS) is 11.1. The summed E-state index contributed by atoms with van der Waals surface area (Å²) in [5.74, 6) is -3.28. The molecule has 0 saturated carbocycles. The van der Waals surface area contributed by atoms with Crippen LogP contribution in [0.2, 0.25) is 0 Å². The van der Waals surface area contributed by atoms with E-state index in [1.54, 1.807) is 4.98 Å². The molecule has 0 amide bonds. The van der Waals surface area contributed by atoms with Gasteiger partial charge in [0.25, 0.3) is 0 Å². The van der Waals surface area contributed by atoms with Crippen LogP contribution in [0.15, 0.2) is 10.9 Å². The molecule has 0 unspecified atom stereocenters. The first kappa shape index (κ1) is 12.9. The summed E-state index contributed by atoms with van der Waals surface area (Å²) in [5, 5.41) is 8.66. The minimum absolute atomic E-state index is 0.443. The van der Waals surface area contributed by atoms with Crippen molar-refractivity contribution in [3.63, 3.8) is 0 Å². The van der Waals surface area contributed by atoms with Crippen molar-refractivity contribution >= 4 is 5.97 Å². The lowest BCUT2D eigenvalue weighted by atomic mass is 10.3. The zero-order chi connectivity index (χ0) is 13.2. The Labute approximate surface area is 91.6 Å². The van der Waals surface area contributed by atoms with Gasteiger partial charge in [0.15, 0.2) is 11.4 Å². The molecule has 0 bridgehead atoms. The molecule has 17 heavy (non-hydrogen) atoms. The number of rotatable bonds is 3. The average molecular weight is 253 g/mol. The Morgan fingerprint density at radius 1 is 1.47 bits per heavy atom. The smallest absolute Gasteiger partial charge is 0.491 e. The van der Waals surface area contributed by atoms with Gasteiger partial charge in [-0.25, -0.2) is 4.79 Å². The zero-order valence-electron chi connectivity index (χ0n) is 8.29. The van der Waals surface area contributed by atoms with Gasteiger partial charge < -0.3 is 19.6 Å². The molecule has 0 atom stereocenters. The molecule has 0 spiro atoms. The predicted molar refractivity (Wildman–Crippen MR) is 47.3 cm³/mol. The number of pyridine rings is 1. The van der Waals surface area contributed by atoms with Crippen LogP contribution in [0.3, 0.4) is 0 Å². The number of ether oxygens (including phenoxy) is 2. The Balaban J connectivity index is 3.30. The lowest BCUT2D eigenvalue weighted by Crippen LogP contribution is -2.21. The number of alkyl halides is 3. The van der Waals surface area contributed by atoms with E-state index in [-0.39, 0.29) is 0 Å². The summed E-state index contributed by atoms with van der Waals surface area (Å²) in [6.07, 6.45) is -5.03. The van der Waals surface area contributed by atoms with Crippen LogP contribution in [0.4, 0.5) is 13.2 Å². The minimum atomic E-state index is -5.03. The second kappa shape index (κ2) is 4.36. The number of carboxylic acids is 1. The maximum Gasteiger partial charge on any atom is 0.574 e. The second-order valence-electron chi connectivity index (χ2n) is 2.76. The number of H-pyrrole nitrogens is 1. The van der Waals surface area contributed by atoms with E-state index >= 15 is 0 Å². The maximum atomic E-state index is 11.9. The molecule has 0 aromatic carbocycles. The van der Waals surface area contributed by atoms with Crippen LogP contribution in [0, 0.1) is 0 Å². The molecule has 0 aliphatic rings. The van der Waals surface area contributed by atoms with Crippen molar-refractivity contribution in [2.24, 2.45) is 0 Å². The number of aromatic nitrogens is 1. The molecule has 9 heteroatoms. The number of nitrogens with one attached hydrogen (secondary N) is 1. The predicted octanol–water partition coefficient (Wildman–Crippen LogP) is 0.980. The van der Waals surface area contributed by atoms with E-state index in [1.807, 2.05) is 0 Å². The second-order valence-corrected chi connectivity index (χ2v) is 2.76. The van der Waals surface area contributed by atoms with Gasteiger partial charge in [-0.3, -0.25) is 4.79 Å². The van der Waals surface area contributed by atoms with E-state index in [0.29, 0.717) is 6.07 Å². The molecular formula is C8H6F3NO5. The van der Waals surface area contributed by atoms with Gasteiger partial charge in [-0.15, -0.1) is 13.2 Å². The fourth-order valence-corrected chi connectivity index (χ4v) is 1.06. The van der Waals surface area contributed by atoms with E-state index in [0.717, 1.165) is 7.11 Å². The fraction of sp³-hybridized carbons (Fsp3) is 0.250. The molecule has 0 aliphatic carbocycles. The molecule has 1 rings (SSSR count). The highest BCUT2D eigenvalue weighted by Gasteiger charge is 2.32. The summed E-state index contributed by atoms with van der Waals surface area (Å²) < 4.78 is 43.5. The number of aromatic carboxylic acids is 1. The first-order chi connectivity index (χ1) is 7.74. The zero-order valence-corrected chi connectivity index (χ0v) is 8.29. The summed E-state index contributed by atoms with van der Waals surface area (Å²) in [6.45, 7) is 0. The van der Waals surface area contributed by atoms with Gasteiger partial charge in [0.05, 0.1) is 13.2 Å². The average Bonchev–Trinajstić information content (AvgIpc) is 2.13. The maximum absolute atomic E-state index is 11.9. The number of hydrogen-bond acceptors (Lipinski definition) is 4. The molecule has 0 saturated heterocycles. The Bertz CT molecular complexity index is 493. The Hall–Kier alpha value is -2.19. The lowest BCUT2D eigenvalue weighted by molar-refractivity contribution is -0.276. The number of aromatic amines is 1. The number of methoxy groups -OCH3 is 1. The van der Waals surface area contributed by atoms with Crippen LogP contribution in [0.1, 0.15) is 10.5 Å². The third-order valence-electron chi connectivity index (χ3n) is 1.60. The largest absolute Gasteiger partial charge is 0.574 e. The summed E-state index contributed by atoms with van der Waals surface area (Å²) in [7, 11) is 1.02. The Morgan fingerprint density at radius 2 is 2.06 bits per heavy atom. The molecule has 1 aromatic rings. The van der Waals surface area contributed by atoms with Crippen LogP contribution in [-0.2, 0) is 0 Å². The van der Waals surface area contributed by atoms with Gasteiger partial charge in [-0.2, -0.15) is 0 Å². The molecule has 1 heterocycles. The first-order valence-corrected chi connectivity index (χ1v) is 4.05. The Morgan fingerprint density at radius 3 is 2.47 bits per heavy atom. The monoisotopic (exact) mass is 253 g/mol. The third kappa shape index (κ3) is 3.13. The standard InChI is InChI=1S/C8H6F3NO5/c1-16-6-3(13)2-4(17-8(9,10)11)12-5(6)7(14)15/h2H,1H3,(H,12,13)(H,14,15). The number of hydrogen-bond donors (Lipinski definition) is 2. The van der Waals surface area contributed by atoms with Gasteiger partial charge in [0.1, 0.15) is 0 Å². The molecule has 6 nitrogen and oxygen atoms in total. The SMILES string of the molecule is COc1c(C(=O)O)[nH]c(OC(F)(F)F)cc1=O. The highest BCUT2D eigenvalue weighted by atomic mass is 19.4. The van der Waals surface area contributed by atoms with E-state index in [1.165, 1.54) is 0 Å². The Kier molecular flexibility index (Phi) is 3.30. The molecule has 94 valence electrons. The van der Waals surface area contributed by atoms with Crippen molar-refractivity contribution in [2.45, 2.75) is 6.36 Å².